The van der Waals surface area contributed by atoms with Crippen LogP contribution in [-0.4, -0.2) is 55.1 Å². The lowest BCUT2D eigenvalue weighted by Gasteiger charge is -2.24. The number of halogens is 3. The number of hydrogen-bond acceptors (Lipinski definition) is 6. The summed E-state index contributed by atoms with van der Waals surface area (Å²) in [4.78, 5) is 31.6. The van der Waals surface area contributed by atoms with Crippen molar-refractivity contribution < 1.29 is 27.9 Å². The molecule has 36 heavy (non-hydrogen) atoms. The van der Waals surface area contributed by atoms with Crippen molar-refractivity contribution in [2.24, 2.45) is 5.92 Å². The van der Waals surface area contributed by atoms with Gasteiger partial charge >= 0.3 is 6.18 Å². The second kappa shape index (κ2) is 8.47. The maximum Gasteiger partial charge on any atom is 0.417 e. The minimum Gasteiger partial charge on any atom is -0.394 e. The van der Waals surface area contributed by atoms with Crippen molar-refractivity contribution in [1.82, 2.24) is 24.8 Å². The van der Waals surface area contributed by atoms with Gasteiger partial charge < -0.3 is 21.1 Å². The van der Waals surface area contributed by atoms with Crippen molar-refractivity contribution in [2.75, 3.05) is 12.3 Å². The Kier molecular flexibility index (Phi) is 5.66. The van der Waals surface area contributed by atoms with Crippen LogP contribution in [0.4, 0.5) is 19.0 Å². The molecule has 1 unspecified atom stereocenters. The Bertz CT molecular complexity index is 1380. The smallest absolute Gasteiger partial charge is 0.394 e. The minimum absolute atomic E-state index is 0.0473. The van der Waals surface area contributed by atoms with Crippen molar-refractivity contribution in [3.8, 4) is 11.3 Å². The van der Waals surface area contributed by atoms with Crippen molar-refractivity contribution >= 4 is 23.3 Å². The van der Waals surface area contributed by atoms with Gasteiger partial charge in [-0.2, -0.15) is 13.2 Å². The lowest BCUT2D eigenvalue weighted by Crippen LogP contribution is -2.35. The number of amides is 2. The van der Waals surface area contributed by atoms with E-state index in [1.165, 1.54) is 21.7 Å². The van der Waals surface area contributed by atoms with Crippen LogP contribution in [0, 0.1) is 5.92 Å². The molecule has 0 saturated heterocycles. The lowest BCUT2D eigenvalue weighted by molar-refractivity contribution is -0.137. The number of nitrogen functional groups attached to an aromatic ring is 1. The Morgan fingerprint density at radius 1 is 1.31 bits per heavy atom. The van der Waals surface area contributed by atoms with E-state index in [0.29, 0.717) is 11.5 Å². The zero-order chi connectivity index (χ0) is 25.9. The quantitative estimate of drug-likeness (QED) is 0.476. The van der Waals surface area contributed by atoms with Crippen LogP contribution >= 0.6 is 0 Å². The van der Waals surface area contributed by atoms with Crippen LogP contribution in [0.3, 0.4) is 0 Å². The molecule has 190 valence electrons. The highest BCUT2D eigenvalue weighted by Gasteiger charge is 2.44. The summed E-state index contributed by atoms with van der Waals surface area (Å²) in [6.07, 6.45) is -1.37. The lowest BCUT2D eigenvalue weighted by atomic mass is 9.97. The van der Waals surface area contributed by atoms with Crippen LogP contribution in [0.1, 0.15) is 58.5 Å². The Morgan fingerprint density at radius 2 is 2.03 bits per heavy atom. The first kappa shape index (κ1) is 24.0. The number of alkyl halides is 3. The summed E-state index contributed by atoms with van der Waals surface area (Å²) in [5, 5.41) is 15.9. The van der Waals surface area contributed by atoms with Gasteiger partial charge in [0.2, 0.25) is 0 Å². The van der Waals surface area contributed by atoms with Crippen LogP contribution in [0.15, 0.2) is 24.4 Å². The largest absolute Gasteiger partial charge is 0.417 e. The number of rotatable bonds is 6. The van der Waals surface area contributed by atoms with Gasteiger partial charge in [-0.3, -0.25) is 9.59 Å². The predicted molar refractivity (Wildman–Crippen MR) is 124 cm³/mol. The molecule has 3 heterocycles. The van der Waals surface area contributed by atoms with Crippen molar-refractivity contribution in [2.45, 2.75) is 51.5 Å². The van der Waals surface area contributed by atoms with Gasteiger partial charge in [0.25, 0.3) is 11.8 Å². The van der Waals surface area contributed by atoms with E-state index in [4.69, 9.17) is 5.73 Å². The number of fused-ring (bicyclic) bond motifs is 2. The average molecular weight is 502 g/mol. The summed E-state index contributed by atoms with van der Waals surface area (Å²) < 4.78 is 43.6. The zero-order valence-corrected chi connectivity index (χ0v) is 19.6. The highest BCUT2D eigenvalue weighted by molar-refractivity contribution is 6.04. The fourth-order valence-electron chi connectivity index (χ4n) is 4.68. The highest BCUT2D eigenvalue weighted by Crippen LogP contribution is 2.43. The van der Waals surface area contributed by atoms with E-state index in [-0.39, 0.29) is 53.0 Å². The molecule has 1 saturated carbocycles. The van der Waals surface area contributed by atoms with Gasteiger partial charge in [0, 0.05) is 30.4 Å². The number of carbonyl (C=O) groups excluding carboxylic acids is 2. The first-order valence-electron chi connectivity index (χ1n) is 11.6. The molecule has 5 rings (SSSR count). The van der Waals surface area contributed by atoms with Gasteiger partial charge in [-0.05, 0) is 56.4 Å². The van der Waals surface area contributed by atoms with Crippen molar-refractivity contribution in [3.05, 3.63) is 46.6 Å². The molecular formula is C24H25F3N6O3. The number of aliphatic hydroxyl groups is 1. The molecule has 1 aliphatic heterocycles. The summed E-state index contributed by atoms with van der Waals surface area (Å²) in [5.74, 6) is -1.02. The number of nitrogens with one attached hydrogen (secondary N) is 1. The van der Waals surface area contributed by atoms with Crippen molar-refractivity contribution in [1.29, 1.82) is 0 Å². The van der Waals surface area contributed by atoms with Gasteiger partial charge in [0.05, 0.1) is 23.4 Å². The second-order valence-corrected chi connectivity index (χ2v) is 9.47. The number of anilines is 1. The molecule has 2 atom stereocenters. The molecule has 0 spiro atoms. The number of hydrogen-bond donors (Lipinski definition) is 3. The van der Waals surface area contributed by atoms with Crippen LogP contribution in [0.5, 0.6) is 0 Å². The summed E-state index contributed by atoms with van der Waals surface area (Å²) in [7, 11) is 0. The third-order valence-electron chi connectivity index (χ3n) is 6.82. The van der Waals surface area contributed by atoms with Crippen LogP contribution in [0.25, 0.3) is 16.9 Å². The molecule has 9 nitrogen and oxygen atoms in total. The molecule has 3 aromatic rings. The second-order valence-electron chi connectivity index (χ2n) is 9.47. The number of nitrogens with two attached hydrogens (primary N) is 1. The van der Waals surface area contributed by atoms with Gasteiger partial charge in [-0.15, -0.1) is 5.10 Å². The van der Waals surface area contributed by atoms with Crippen LogP contribution < -0.4 is 11.1 Å². The average Bonchev–Trinajstić information content (AvgIpc) is 3.54. The summed E-state index contributed by atoms with van der Waals surface area (Å²) in [6, 6.07) is 3.25. The Morgan fingerprint density at radius 3 is 2.67 bits per heavy atom. The molecule has 2 aromatic heterocycles. The molecule has 2 amide bonds. The van der Waals surface area contributed by atoms with E-state index in [9.17, 15) is 27.9 Å². The van der Waals surface area contributed by atoms with Gasteiger partial charge in [0.1, 0.15) is 5.56 Å². The summed E-state index contributed by atoms with van der Waals surface area (Å²) in [5.41, 5.74) is 5.23. The normalized spacial score (nSPS) is 17.4. The van der Waals surface area contributed by atoms with Crippen molar-refractivity contribution in [3.63, 3.8) is 0 Å². The monoisotopic (exact) mass is 502 g/mol. The van der Waals surface area contributed by atoms with E-state index in [0.717, 1.165) is 18.9 Å². The zero-order valence-electron chi connectivity index (χ0n) is 19.6. The number of carbonyl (C=O) groups is 2. The predicted octanol–water partition coefficient (Wildman–Crippen LogP) is 2.86. The molecule has 4 N–H and O–H groups in total. The third kappa shape index (κ3) is 4.04. The van der Waals surface area contributed by atoms with Crippen LogP contribution in [-0.2, 0) is 12.7 Å². The Labute approximate surface area is 204 Å². The maximum atomic E-state index is 14.1. The SMILES string of the molecule is CC(C1CC1)N1Cc2cc(-c3ccn4nc(N)c(C(=O)N[C@H](C)CO)c4n3)cc(C(F)(F)F)c2C1=O. The van der Waals surface area contributed by atoms with Gasteiger partial charge in [-0.1, -0.05) is 0 Å². The van der Waals surface area contributed by atoms with E-state index >= 15 is 0 Å². The molecule has 2 aliphatic rings. The van der Waals surface area contributed by atoms with E-state index in [1.807, 2.05) is 6.92 Å². The number of aliphatic hydroxyl groups excluding tert-OH is 1. The molecule has 1 aliphatic carbocycles. The summed E-state index contributed by atoms with van der Waals surface area (Å²) >= 11 is 0. The highest BCUT2D eigenvalue weighted by atomic mass is 19.4. The number of aromatic nitrogens is 3. The number of nitrogens with zero attached hydrogens (tertiary/aromatic N) is 4. The van der Waals surface area contributed by atoms with Gasteiger partial charge in [-0.25, -0.2) is 9.50 Å². The van der Waals surface area contributed by atoms with E-state index in [1.54, 1.807) is 13.0 Å². The summed E-state index contributed by atoms with van der Waals surface area (Å²) in [6.45, 7) is 3.27. The number of benzene rings is 1. The molecule has 0 radical (unpaired) electrons. The fourth-order valence-corrected chi connectivity index (χ4v) is 4.68. The van der Waals surface area contributed by atoms with E-state index in [2.05, 4.69) is 15.4 Å². The molecule has 12 heteroatoms. The maximum absolute atomic E-state index is 14.1. The topological polar surface area (TPSA) is 126 Å². The first-order valence-corrected chi connectivity index (χ1v) is 11.6. The standard InChI is InChI=1S/C24H25F3N6O3/c1-11(10-34)29-22(35)19-20(28)31-33-6-5-17(30-21(19)33)14-7-15-9-32(12(2)13-3-4-13)23(36)18(15)16(8-14)24(25,26)27/h5-8,11-13,34H,3-4,9-10H2,1-2H3,(H2,28,31)(H,29,35)/t11-,12?/m1/s1. The Balaban J connectivity index is 1.60. The Hall–Kier alpha value is -3.67. The molecule has 1 fully saturated rings. The molecular weight excluding hydrogens is 477 g/mol. The minimum atomic E-state index is -4.74. The van der Waals surface area contributed by atoms with Crippen LogP contribution in [0.2, 0.25) is 0 Å². The molecule has 1 aromatic carbocycles. The molecule has 0 bridgehead atoms. The van der Waals surface area contributed by atoms with E-state index < -0.39 is 29.6 Å². The van der Waals surface area contributed by atoms with Gasteiger partial charge in [0.15, 0.2) is 11.5 Å². The first-order chi connectivity index (χ1) is 17.0. The fraction of sp³-hybridized carbons (Fsp3) is 0.417. The third-order valence-corrected chi connectivity index (χ3v) is 6.82.